The minimum atomic E-state index is -0.234. The third-order valence-electron chi connectivity index (χ3n) is 3.49. The number of benzene rings is 2. The standard InChI is InChI=1S/C17H18Cl2N2O/c1-11(15-9-8-13(18)10-16(15)19)20-12(2)17(22)21-14-6-4-3-5-7-14/h3-12,20H,1-2H3,(H,21,22)/p+1/t11-,12+/m0/s1. The van der Waals surface area contributed by atoms with Gasteiger partial charge in [-0.1, -0.05) is 47.5 Å². The maximum absolute atomic E-state index is 12.2. The Bertz CT molecular complexity index is 646. The smallest absolute Gasteiger partial charge is 0.282 e. The summed E-state index contributed by atoms with van der Waals surface area (Å²) in [5.74, 6) is -0.0388. The van der Waals surface area contributed by atoms with Crippen LogP contribution in [0.1, 0.15) is 25.5 Å². The quantitative estimate of drug-likeness (QED) is 0.859. The molecule has 0 saturated heterocycles. The molecule has 0 heterocycles. The van der Waals surface area contributed by atoms with Crippen molar-refractivity contribution in [2.24, 2.45) is 0 Å². The molecule has 0 aliphatic heterocycles. The average Bonchev–Trinajstić information content (AvgIpc) is 2.47. The van der Waals surface area contributed by atoms with Gasteiger partial charge in [0.05, 0.1) is 5.02 Å². The van der Waals surface area contributed by atoms with Gasteiger partial charge in [0.15, 0.2) is 6.04 Å². The van der Waals surface area contributed by atoms with Crippen molar-refractivity contribution in [2.45, 2.75) is 25.9 Å². The second-order valence-corrected chi connectivity index (χ2v) is 6.13. The van der Waals surface area contributed by atoms with E-state index in [1.54, 1.807) is 6.07 Å². The van der Waals surface area contributed by atoms with Crippen LogP contribution in [-0.2, 0) is 4.79 Å². The van der Waals surface area contributed by atoms with Crippen LogP contribution in [0.3, 0.4) is 0 Å². The Balaban J connectivity index is 1.98. The molecule has 5 heteroatoms. The van der Waals surface area contributed by atoms with Crippen molar-refractivity contribution in [1.29, 1.82) is 0 Å². The number of hydrogen-bond acceptors (Lipinski definition) is 1. The summed E-state index contributed by atoms with van der Waals surface area (Å²) in [4.78, 5) is 12.2. The van der Waals surface area contributed by atoms with Crippen LogP contribution in [0.2, 0.25) is 10.0 Å². The lowest BCUT2D eigenvalue weighted by molar-refractivity contribution is -0.709. The summed E-state index contributed by atoms with van der Waals surface area (Å²) < 4.78 is 0. The first kappa shape index (κ1) is 16.8. The normalized spacial score (nSPS) is 13.5. The highest BCUT2D eigenvalue weighted by atomic mass is 35.5. The van der Waals surface area contributed by atoms with Crippen molar-refractivity contribution >= 4 is 34.8 Å². The lowest BCUT2D eigenvalue weighted by atomic mass is 10.1. The van der Waals surface area contributed by atoms with Crippen molar-refractivity contribution in [1.82, 2.24) is 0 Å². The van der Waals surface area contributed by atoms with Gasteiger partial charge in [0.1, 0.15) is 6.04 Å². The molecule has 2 aromatic rings. The molecule has 0 aliphatic rings. The lowest BCUT2D eigenvalue weighted by Gasteiger charge is -2.18. The zero-order valence-electron chi connectivity index (χ0n) is 12.5. The SMILES string of the molecule is C[C@H]([NH2+][C@H](C)C(=O)Nc1ccccc1)c1ccc(Cl)cc1Cl. The predicted octanol–water partition coefficient (Wildman–Crippen LogP) is 3.65. The summed E-state index contributed by atoms with van der Waals surface area (Å²) in [7, 11) is 0. The third-order valence-corrected chi connectivity index (χ3v) is 4.05. The Morgan fingerprint density at radius 2 is 1.77 bits per heavy atom. The van der Waals surface area contributed by atoms with Gasteiger partial charge >= 0.3 is 0 Å². The van der Waals surface area contributed by atoms with E-state index in [0.717, 1.165) is 11.3 Å². The van der Waals surface area contributed by atoms with E-state index in [1.165, 1.54) is 0 Å². The molecule has 0 radical (unpaired) electrons. The fourth-order valence-electron chi connectivity index (χ4n) is 2.27. The number of amides is 1. The first-order valence-corrected chi connectivity index (χ1v) is 7.89. The molecule has 22 heavy (non-hydrogen) atoms. The van der Waals surface area contributed by atoms with E-state index in [9.17, 15) is 4.79 Å². The molecule has 0 aliphatic carbocycles. The van der Waals surface area contributed by atoms with Crippen LogP contribution in [0.4, 0.5) is 5.69 Å². The number of carbonyl (C=O) groups excluding carboxylic acids is 1. The van der Waals surface area contributed by atoms with Crippen molar-refractivity contribution < 1.29 is 10.1 Å². The van der Waals surface area contributed by atoms with Crippen LogP contribution in [0, 0.1) is 0 Å². The largest absolute Gasteiger partial charge is 0.330 e. The minimum absolute atomic E-state index is 0.0388. The second-order valence-electron chi connectivity index (χ2n) is 5.29. The van der Waals surface area contributed by atoms with Crippen LogP contribution >= 0.6 is 23.2 Å². The highest BCUT2D eigenvalue weighted by Crippen LogP contribution is 2.24. The van der Waals surface area contributed by atoms with E-state index >= 15 is 0 Å². The van der Waals surface area contributed by atoms with E-state index in [4.69, 9.17) is 23.2 Å². The monoisotopic (exact) mass is 337 g/mol. The topological polar surface area (TPSA) is 45.7 Å². The number of hydrogen-bond donors (Lipinski definition) is 2. The van der Waals surface area contributed by atoms with Crippen LogP contribution in [0.15, 0.2) is 48.5 Å². The molecule has 1 amide bonds. The zero-order chi connectivity index (χ0) is 16.1. The number of quaternary nitrogens is 1. The van der Waals surface area contributed by atoms with E-state index < -0.39 is 0 Å². The molecule has 116 valence electrons. The number of anilines is 1. The second kappa shape index (κ2) is 7.63. The Hall–Kier alpha value is -1.55. The zero-order valence-corrected chi connectivity index (χ0v) is 14.0. The van der Waals surface area contributed by atoms with Gasteiger partial charge in [-0.2, -0.15) is 0 Å². The van der Waals surface area contributed by atoms with Gasteiger partial charge in [0.2, 0.25) is 0 Å². The van der Waals surface area contributed by atoms with Gasteiger partial charge in [-0.3, -0.25) is 4.79 Å². The molecule has 0 aromatic heterocycles. The molecule has 0 bridgehead atoms. The molecule has 3 N–H and O–H groups in total. The summed E-state index contributed by atoms with van der Waals surface area (Å²) in [6.07, 6.45) is 0. The van der Waals surface area contributed by atoms with Gasteiger partial charge in [-0.25, -0.2) is 0 Å². The minimum Gasteiger partial charge on any atom is -0.330 e. The number of nitrogens with two attached hydrogens (primary N) is 1. The van der Waals surface area contributed by atoms with Gasteiger partial charge in [-0.05, 0) is 38.1 Å². The highest BCUT2D eigenvalue weighted by Gasteiger charge is 2.21. The fourth-order valence-corrected chi connectivity index (χ4v) is 2.85. The Labute approximate surface area is 140 Å². The Kier molecular flexibility index (Phi) is 5.83. The molecule has 2 rings (SSSR count). The number of halogens is 2. The third kappa shape index (κ3) is 4.47. The molecular weight excluding hydrogens is 319 g/mol. The number of carbonyl (C=O) groups is 1. The first-order chi connectivity index (χ1) is 10.5. The van der Waals surface area contributed by atoms with Crippen LogP contribution in [0.25, 0.3) is 0 Å². The number of para-hydroxylation sites is 1. The molecular formula is C17H19Cl2N2O+. The number of nitrogens with one attached hydrogen (secondary N) is 1. The van der Waals surface area contributed by atoms with Crippen LogP contribution < -0.4 is 10.6 Å². The summed E-state index contributed by atoms with van der Waals surface area (Å²) >= 11 is 12.1. The fraction of sp³-hybridized carbons (Fsp3) is 0.235. The van der Waals surface area contributed by atoms with Gasteiger partial charge in [0, 0.05) is 16.3 Å². The van der Waals surface area contributed by atoms with Crippen molar-refractivity contribution in [3.8, 4) is 0 Å². The molecule has 2 atom stereocenters. The van der Waals surface area contributed by atoms with Crippen LogP contribution in [-0.4, -0.2) is 11.9 Å². The van der Waals surface area contributed by atoms with E-state index in [0.29, 0.717) is 10.0 Å². The molecule has 3 nitrogen and oxygen atoms in total. The van der Waals surface area contributed by atoms with E-state index in [-0.39, 0.29) is 18.0 Å². The molecule has 0 fully saturated rings. The number of rotatable bonds is 5. The summed E-state index contributed by atoms with van der Waals surface area (Å²) in [5.41, 5.74) is 1.76. The van der Waals surface area contributed by atoms with Crippen LogP contribution in [0.5, 0.6) is 0 Å². The van der Waals surface area contributed by atoms with E-state index in [1.807, 2.05) is 61.6 Å². The van der Waals surface area contributed by atoms with Crippen molar-refractivity contribution in [3.05, 3.63) is 64.1 Å². The highest BCUT2D eigenvalue weighted by molar-refractivity contribution is 6.35. The molecule has 0 unspecified atom stereocenters. The van der Waals surface area contributed by atoms with E-state index in [2.05, 4.69) is 5.32 Å². The summed E-state index contributed by atoms with van der Waals surface area (Å²) in [5, 5.41) is 6.10. The molecule has 2 aromatic carbocycles. The van der Waals surface area contributed by atoms with Crippen molar-refractivity contribution in [2.75, 3.05) is 5.32 Å². The average molecular weight is 338 g/mol. The summed E-state index contributed by atoms with van der Waals surface area (Å²) in [6.45, 7) is 3.89. The van der Waals surface area contributed by atoms with Gasteiger partial charge in [-0.15, -0.1) is 0 Å². The maximum atomic E-state index is 12.2. The Morgan fingerprint density at radius 3 is 2.41 bits per heavy atom. The molecule has 0 spiro atoms. The predicted molar refractivity (Wildman–Crippen MR) is 91.3 cm³/mol. The molecule has 0 saturated carbocycles. The Morgan fingerprint density at radius 1 is 1.09 bits per heavy atom. The first-order valence-electron chi connectivity index (χ1n) is 7.13. The van der Waals surface area contributed by atoms with Gasteiger partial charge < -0.3 is 10.6 Å². The summed E-state index contributed by atoms with van der Waals surface area (Å²) in [6, 6.07) is 14.7. The van der Waals surface area contributed by atoms with Gasteiger partial charge in [0.25, 0.3) is 5.91 Å². The lowest BCUT2D eigenvalue weighted by Crippen LogP contribution is -2.91. The van der Waals surface area contributed by atoms with Crippen molar-refractivity contribution in [3.63, 3.8) is 0 Å². The maximum Gasteiger partial charge on any atom is 0.282 e.